The normalized spacial score (nSPS) is 8.94. The molecule has 0 saturated carbocycles. The van der Waals surface area contributed by atoms with Crippen LogP contribution in [0.5, 0.6) is 0 Å². The van der Waals surface area contributed by atoms with Gasteiger partial charge in [0.15, 0.2) is 0 Å². The highest BCUT2D eigenvalue weighted by atomic mass is 16.6. The average molecular weight is 1050 g/mol. The fraction of sp³-hybridized carbons (Fsp3) is 0.172. The molecule has 7 aromatic rings. The third kappa shape index (κ3) is 49.3. The van der Waals surface area contributed by atoms with E-state index in [-0.39, 0.29) is 41.3 Å². The molecule has 0 atom stereocenters. The van der Waals surface area contributed by atoms with Gasteiger partial charge in [0.25, 0.3) is 0 Å². The number of amidine groups is 4. The Bertz CT molecular complexity index is 2500. The Labute approximate surface area is 450 Å². The number of rotatable bonds is 12. The second-order valence-corrected chi connectivity index (χ2v) is 16.0. The molecule has 19 heteroatoms. The summed E-state index contributed by atoms with van der Waals surface area (Å²) in [7, 11) is 0. The maximum atomic E-state index is 10.0. The summed E-state index contributed by atoms with van der Waals surface area (Å²) >= 11 is 0. The summed E-state index contributed by atoms with van der Waals surface area (Å²) in [5, 5.41) is 61.4. The van der Waals surface area contributed by atoms with E-state index in [1.807, 2.05) is 190 Å². The van der Waals surface area contributed by atoms with Gasteiger partial charge in [-0.15, -0.1) is 0 Å². The van der Waals surface area contributed by atoms with Gasteiger partial charge in [-0.2, -0.15) is 0 Å². The van der Waals surface area contributed by atoms with Crippen LogP contribution in [0.4, 0.5) is 15.3 Å². The number of benzene rings is 6. The molecular weight excluding hydrogens is 979 g/mol. The first-order valence-electron chi connectivity index (χ1n) is 23.3. The number of aryl methyl sites for hydroxylation is 2. The van der Waals surface area contributed by atoms with Crippen molar-refractivity contribution >= 4 is 52.9 Å². The number of nitrogens with two attached hydrogens (primary N) is 5. The first-order chi connectivity index (χ1) is 36.4. The summed E-state index contributed by atoms with van der Waals surface area (Å²) in [6.45, 7) is 6.81. The maximum Gasteiger partial charge on any atom is 0.137 e. The molecule has 0 aliphatic rings. The molecular formula is C58H69N11O8-4. The van der Waals surface area contributed by atoms with Gasteiger partial charge in [-0.1, -0.05) is 170 Å². The van der Waals surface area contributed by atoms with Gasteiger partial charge < -0.3 is 58.7 Å². The fourth-order valence-electron chi connectivity index (χ4n) is 5.72. The van der Waals surface area contributed by atoms with E-state index in [2.05, 4.69) is 22.1 Å². The summed E-state index contributed by atoms with van der Waals surface area (Å²) in [4.78, 5) is 45.6. The monoisotopic (exact) mass is 1050 g/mol. The molecule has 0 saturated heterocycles. The molecule has 7 rings (SSSR count). The van der Waals surface area contributed by atoms with Crippen molar-refractivity contribution in [2.75, 3.05) is 5.73 Å². The zero-order valence-electron chi connectivity index (χ0n) is 43.7. The van der Waals surface area contributed by atoms with Crippen LogP contribution in [0.25, 0.3) is 0 Å². The molecule has 19 nitrogen and oxygen atoms in total. The topological polar surface area (TPSA) is 412 Å². The van der Waals surface area contributed by atoms with Gasteiger partial charge in [0.1, 0.15) is 17.4 Å². The molecule has 0 radical (unpaired) electrons. The van der Waals surface area contributed by atoms with Crippen molar-refractivity contribution in [2.24, 2.45) is 22.9 Å². The summed E-state index contributed by atoms with van der Waals surface area (Å²) < 4.78 is 0. The molecule has 0 amide bonds. The van der Waals surface area contributed by atoms with E-state index in [0.717, 1.165) is 51.6 Å². The molecule has 77 heavy (non-hydrogen) atoms. The number of nitrogens with zero attached hydrogens (tertiary/aromatic N) is 2. The molecule has 1 heterocycles. The van der Waals surface area contributed by atoms with E-state index in [9.17, 15) is 9.59 Å². The minimum Gasteiger partial charge on any atom is -0.652 e. The summed E-state index contributed by atoms with van der Waals surface area (Å²) in [5.41, 5.74) is 34.7. The Morgan fingerprint density at radius 2 is 0.610 bits per heavy atom. The van der Waals surface area contributed by atoms with Crippen molar-refractivity contribution in [3.05, 3.63) is 233 Å². The number of aromatic nitrogens is 2. The summed E-state index contributed by atoms with van der Waals surface area (Å²) in [6.07, 6.45) is -1.55. The van der Waals surface area contributed by atoms with Crippen LogP contribution in [0.15, 0.2) is 188 Å². The lowest BCUT2D eigenvalue weighted by Gasteiger charge is -2.03. The predicted octanol–water partition coefficient (Wildman–Crippen LogP) is 4.27. The van der Waals surface area contributed by atoms with Crippen molar-refractivity contribution in [1.82, 2.24) is 9.97 Å². The van der Waals surface area contributed by atoms with Crippen LogP contribution in [0.3, 0.4) is 0 Å². The van der Waals surface area contributed by atoms with Gasteiger partial charge in [0, 0.05) is 49.2 Å². The number of anilines is 1. The quantitative estimate of drug-likeness (QED) is 0.0357. The van der Waals surface area contributed by atoms with Crippen LogP contribution in [0, 0.1) is 35.5 Å². The lowest BCUT2D eigenvalue weighted by molar-refractivity contribution is -0.417. The smallest absolute Gasteiger partial charge is 0.137 e. The average Bonchev–Trinajstić information content (AvgIpc) is 3.33. The molecule has 1 aromatic heterocycles. The minimum absolute atomic E-state index is 0.0625. The van der Waals surface area contributed by atoms with E-state index < -0.39 is 12.3 Å². The number of hydrogen-bond acceptors (Lipinski definition) is 15. The number of carbonyl (C=O) groups excluding carboxylic acids is 4. The molecule has 6 aromatic carbocycles. The number of ketones is 2. The molecule has 14 N–H and O–H groups in total. The van der Waals surface area contributed by atoms with Crippen LogP contribution in [0.2, 0.25) is 0 Å². The Hall–Kier alpha value is -10.0. The van der Waals surface area contributed by atoms with Crippen LogP contribution in [-0.2, 0) is 41.7 Å². The van der Waals surface area contributed by atoms with Crippen LogP contribution in [0.1, 0.15) is 65.3 Å². The Morgan fingerprint density at radius 3 is 0.779 bits per heavy atom. The highest BCUT2D eigenvalue weighted by Gasteiger charge is 2.01. The standard InChI is InChI=1S/C13H14N2.4C8H10N2.C6H7N.C5H8O2.2CH2O3/c1-10-8-11(2)15-13(14-10)9-12-6-4-3-5-7-12;4*9-8(10)6-7-4-2-1-3-5-7;7-6-4-2-1-3-5-6;1-4(6)3-5(2)7;2*2-1(3)4/h3-8H,9H2,1-2H3;4*1-5H,6H2,(H3,9,10);1-5H,7H2;3H2,1-2H3;2*(H2,2,3,4)/p-4. The van der Waals surface area contributed by atoms with Gasteiger partial charge in [-0.25, -0.2) is 9.97 Å². The Kier molecular flexibility index (Phi) is 39.0. The van der Waals surface area contributed by atoms with E-state index in [1.165, 1.54) is 19.4 Å². The lowest BCUT2D eigenvalue weighted by Crippen LogP contribution is -2.37. The number of Topliss-reactive ketones (excluding diaryl/α,β-unsaturated/α-hetero) is 2. The maximum absolute atomic E-state index is 10.0. The van der Waals surface area contributed by atoms with E-state index in [4.69, 9.17) is 80.3 Å². The first kappa shape index (κ1) is 69.0. The van der Waals surface area contributed by atoms with Crippen molar-refractivity contribution in [2.45, 2.75) is 66.2 Å². The van der Waals surface area contributed by atoms with Crippen molar-refractivity contribution in [3.8, 4) is 0 Å². The third-order valence-corrected chi connectivity index (χ3v) is 8.48. The Balaban J connectivity index is 0. The molecule has 408 valence electrons. The highest BCUT2D eigenvalue weighted by Crippen LogP contribution is 2.07. The molecule has 0 unspecified atom stereocenters. The number of nitrogen functional groups attached to an aromatic ring is 1. The lowest BCUT2D eigenvalue weighted by atomic mass is 10.1. The zero-order valence-corrected chi connectivity index (χ0v) is 43.7. The minimum atomic E-state index is -2.33. The van der Waals surface area contributed by atoms with Crippen LogP contribution < -0.4 is 49.1 Å². The van der Waals surface area contributed by atoms with Gasteiger partial charge >= 0.3 is 0 Å². The van der Waals surface area contributed by atoms with Gasteiger partial charge in [0.05, 0.1) is 29.8 Å². The summed E-state index contributed by atoms with van der Waals surface area (Å²) in [5.74, 6) is 1.63. The second kappa shape index (κ2) is 43.5. The van der Waals surface area contributed by atoms with Crippen LogP contribution in [-0.4, -0.2) is 57.2 Å². The van der Waals surface area contributed by atoms with Crippen LogP contribution >= 0.6 is 0 Å². The van der Waals surface area contributed by atoms with E-state index in [0.29, 0.717) is 25.7 Å². The van der Waals surface area contributed by atoms with Gasteiger partial charge in [0.2, 0.25) is 0 Å². The van der Waals surface area contributed by atoms with Gasteiger partial charge in [-0.3, -0.25) is 31.2 Å². The molecule has 0 fully saturated rings. The number of carbonyl (C=O) groups is 4. The largest absolute Gasteiger partial charge is 0.652 e. The van der Waals surface area contributed by atoms with Crippen molar-refractivity contribution < 1.29 is 39.6 Å². The summed E-state index contributed by atoms with van der Waals surface area (Å²) in [6, 6.07) is 60.8. The van der Waals surface area contributed by atoms with E-state index in [1.54, 1.807) is 0 Å². The van der Waals surface area contributed by atoms with E-state index >= 15 is 0 Å². The Morgan fingerprint density at radius 1 is 0.403 bits per heavy atom. The molecule has 0 aliphatic carbocycles. The number of carboxylic acid groups (broad SMARTS) is 4. The first-order valence-corrected chi connectivity index (χ1v) is 23.3. The molecule has 0 aliphatic heterocycles. The predicted molar refractivity (Wildman–Crippen MR) is 297 cm³/mol. The SMILES string of the molecule is CC(=O)CC(C)=O.Cc1cc(C)nc(Cc2ccccc2)n1.N=C(N)Cc1ccccc1.N=C(N)Cc1ccccc1.N=C(N)Cc1ccccc1.N=C(N)Cc1ccccc1.Nc1ccccc1.O=C([O-])[O-].O=C([O-])[O-]. The van der Waals surface area contributed by atoms with Gasteiger partial charge in [-0.05, 0) is 86.0 Å². The molecule has 0 bridgehead atoms. The zero-order chi connectivity index (χ0) is 58.4. The van der Waals surface area contributed by atoms with Crippen molar-refractivity contribution in [3.63, 3.8) is 0 Å². The highest BCUT2D eigenvalue weighted by molar-refractivity contribution is 5.96. The number of hydrogen-bond donors (Lipinski definition) is 9. The molecule has 0 spiro atoms. The third-order valence-electron chi connectivity index (χ3n) is 8.48. The fourth-order valence-corrected chi connectivity index (χ4v) is 5.72. The number of para-hydroxylation sites is 1. The second-order valence-electron chi connectivity index (χ2n) is 16.0. The number of nitrogens with one attached hydrogen (secondary N) is 4. The van der Waals surface area contributed by atoms with Crippen molar-refractivity contribution in [1.29, 1.82) is 21.6 Å².